The summed E-state index contributed by atoms with van der Waals surface area (Å²) in [7, 11) is 1.68. The minimum atomic E-state index is -0.456. The highest BCUT2D eigenvalue weighted by atomic mass is 32.1. The van der Waals surface area contributed by atoms with Crippen LogP contribution < -0.4 is 5.32 Å². The Morgan fingerprint density at radius 1 is 1.43 bits per heavy atom. The van der Waals surface area contributed by atoms with Gasteiger partial charge in [0.25, 0.3) is 11.8 Å². The van der Waals surface area contributed by atoms with Crippen LogP contribution >= 0.6 is 11.3 Å². The molecule has 6 nitrogen and oxygen atoms in total. The lowest BCUT2D eigenvalue weighted by Gasteiger charge is -2.19. The molecule has 1 aliphatic carbocycles. The molecule has 2 amide bonds. The summed E-state index contributed by atoms with van der Waals surface area (Å²) in [5, 5.41) is 13.2. The predicted molar refractivity (Wildman–Crippen MR) is 86.7 cm³/mol. The first kappa shape index (κ1) is 15.8. The van der Waals surface area contributed by atoms with E-state index in [1.54, 1.807) is 31.3 Å². The summed E-state index contributed by atoms with van der Waals surface area (Å²) in [6, 6.07) is 6.56. The summed E-state index contributed by atoms with van der Waals surface area (Å²) in [5.41, 5.74) is 0. The first-order valence-electron chi connectivity index (χ1n) is 7.43. The van der Waals surface area contributed by atoms with E-state index in [1.165, 1.54) is 22.5 Å². The van der Waals surface area contributed by atoms with E-state index in [4.69, 9.17) is 4.42 Å². The molecule has 1 unspecified atom stereocenters. The van der Waals surface area contributed by atoms with E-state index in [0.717, 1.165) is 12.8 Å². The summed E-state index contributed by atoms with van der Waals surface area (Å²) >= 11 is 1.20. The van der Waals surface area contributed by atoms with Crippen molar-refractivity contribution in [2.24, 2.45) is 5.92 Å². The van der Waals surface area contributed by atoms with E-state index in [-0.39, 0.29) is 17.6 Å². The van der Waals surface area contributed by atoms with Crippen LogP contribution in [0.2, 0.25) is 0 Å². The number of rotatable bonds is 6. The second-order valence-corrected chi connectivity index (χ2v) is 6.77. The Hall–Kier alpha value is -2.12. The Morgan fingerprint density at radius 2 is 2.22 bits per heavy atom. The van der Waals surface area contributed by atoms with Gasteiger partial charge in [0.2, 0.25) is 0 Å². The van der Waals surface area contributed by atoms with Crippen LogP contribution in [-0.4, -0.2) is 41.5 Å². The second kappa shape index (κ2) is 6.55. The van der Waals surface area contributed by atoms with E-state index in [0.29, 0.717) is 22.3 Å². The monoisotopic (exact) mass is 334 g/mol. The zero-order valence-corrected chi connectivity index (χ0v) is 13.5. The Kier molecular flexibility index (Phi) is 4.49. The van der Waals surface area contributed by atoms with Crippen molar-refractivity contribution in [3.05, 3.63) is 41.2 Å². The van der Waals surface area contributed by atoms with E-state index >= 15 is 0 Å². The molecule has 0 spiro atoms. The minimum Gasteiger partial charge on any atom is -0.459 e. The van der Waals surface area contributed by atoms with Gasteiger partial charge in [-0.15, -0.1) is 11.3 Å². The Labute approximate surface area is 137 Å². The van der Waals surface area contributed by atoms with Gasteiger partial charge in [0.15, 0.2) is 5.76 Å². The first-order valence-corrected chi connectivity index (χ1v) is 8.24. The van der Waals surface area contributed by atoms with Crippen molar-refractivity contribution >= 4 is 28.2 Å². The van der Waals surface area contributed by atoms with Crippen LogP contribution in [0.1, 0.15) is 33.1 Å². The number of furan rings is 1. The number of nitrogens with zero attached hydrogens (tertiary/aromatic N) is 1. The van der Waals surface area contributed by atoms with Gasteiger partial charge in [-0.05, 0) is 43.0 Å². The first-order chi connectivity index (χ1) is 11.0. The standard InChI is InChI=1S/C16H18N2O4S/c1-18(9-11(19)10-4-5-10)16(21)13-6-7-14(23-13)17-15(20)12-3-2-8-22-12/h2-3,6-8,10-11,19H,4-5,9H2,1H3,(H,17,20). The fourth-order valence-electron chi connectivity index (χ4n) is 2.28. The fourth-order valence-corrected chi connectivity index (χ4v) is 3.18. The van der Waals surface area contributed by atoms with Crippen molar-refractivity contribution in [2.75, 3.05) is 18.9 Å². The summed E-state index contributed by atoms with van der Waals surface area (Å²) in [4.78, 5) is 26.3. The number of thiophene rings is 1. The average Bonchev–Trinajstić information content (AvgIpc) is 3.05. The quantitative estimate of drug-likeness (QED) is 0.850. The lowest BCUT2D eigenvalue weighted by Crippen LogP contribution is -2.34. The molecule has 1 fully saturated rings. The highest BCUT2D eigenvalue weighted by molar-refractivity contribution is 7.18. The van der Waals surface area contributed by atoms with Gasteiger partial charge < -0.3 is 19.7 Å². The largest absolute Gasteiger partial charge is 0.459 e. The maximum absolute atomic E-state index is 12.3. The molecule has 0 bridgehead atoms. The van der Waals surface area contributed by atoms with E-state index < -0.39 is 6.10 Å². The molecule has 1 saturated carbocycles. The molecule has 2 aromatic heterocycles. The number of hydrogen-bond acceptors (Lipinski definition) is 5. The molecule has 2 heterocycles. The third-order valence-electron chi connectivity index (χ3n) is 3.77. The molecule has 1 aliphatic rings. The van der Waals surface area contributed by atoms with Crippen LogP contribution in [0.15, 0.2) is 34.9 Å². The second-order valence-electron chi connectivity index (χ2n) is 5.69. The molecule has 0 aromatic carbocycles. The zero-order valence-electron chi connectivity index (χ0n) is 12.7. The third-order valence-corrected chi connectivity index (χ3v) is 4.76. The van der Waals surface area contributed by atoms with Crippen molar-refractivity contribution in [1.82, 2.24) is 4.90 Å². The number of nitrogens with one attached hydrogen (secondary N) is 1. The lowest BCUT2D eigenvalue weighted by molar-refractivity contribution is 0.0649. The van der Waals surface area contributed by atoms with Crippen molar-refractivity contribution in [3.63, 3.8) is 0 Å². The lowest BCUT2D eigenvalue weighted by atomic mass is 10.2. The van der Waals surface area contributed by atoms with E-state index in [1.807, 2.05) is 0 Å². The summed E-state index contributed by atoms with van der Waals surface area (Å²) in [5.74, 6) is 0.0363. The zero-order chi connectivity index (χ0) is 16.4. The van der Waals surface area contributed by atoms with Crippen molar-refractivity contribution in [2.45, 2.75) is 18.9 Å². The van der Waals surface area contributed by atoms with Crippen LogP contribution in [0.4, 0.5) is 5.00 Å². The molecule has 0 radical (unpaired) electrons. The number of carbonyl (C=O) groups excluding carboxylic acids is 2. The van der Waals surface area contributed by atoms with Crippen molar-refractivity contribution in [3.8, 4) is 0 Å². The Bertz CT molecular complexity index is 691. The average molecular weight is 334 g/mol. The Morgan fingerprint density at radius 3 is 2.87 bits per heavy atom. The van der Waals surface area contributed by atoms with Gasteiger partial charge in [0.1, 0.15) is 0 Å². The van der Waals surface area contributed by atoms with E-state index in [2.05, 4.69) is 5.32 Å². The number of likely N-dealkylation sites (N-methyl/N-ethyl adjacent to an activating group) is 1. The van der Waals surface area contributed by atoms with Gasteiger partial charge in [-0.1, -0.05) is 0 Å². The predicted octanol–water partition coefficient (Wildman–Crippen LogP) is 2.44. The SMILES string of the molecule is CN(CC(O)C1CC1)C(=O)c1ccc(NC(=O)c2ccco2)s1. The van der Waals surface area contributed by atoms with Gasteiger partial charge in [0.05, 0.1) is 22.2 Å². The van der Waals surface area contributed by atoms with Crippen molar-refractivity contribution in [1.29, 1.82) is 0 Å². The molecule has 0 saturated heterocycles. The minimum absolute atomic E-state index is 0.159. The van der Waals surface area contributed by atoms with Crippen LogP contribution in [0.3, 0.4) is 0 Å². The molecular formula is C16H18N2O4S. The third kappa shape index (κ3) is 3.80. The smallest absolute Gasteiger partial charge is 0.291 e. The van der Waals surface area contributed by atoms with Gasteiger partial charge in [-0.3, -0.25) is 9.59 Å². The molecule has 2 aromatic rings. The number of aliphatic hydroxyl groups is 1. The van der Waals surface area contributed by atoms with Gasteiger partial charge >= 0.3 is 0 Å². The number of aliphatic hydroxyl groups excluding tert-OH is 1. The number of hydrogen-bond donors (Lipinski definition) is 2. The topological polar surface area (TPSA) is 82.8 Å². The van der Waals surface area contributed by atoms with E-state index in [9.17, 15) is 14.7 Å². The summed E-state index contributed by atoms with van der Waals surface area (Å²) in [6.45, 7) is 0.329. The molecule has 0 aliphatic heterocycles. The van der Waals surface area contributed by atoms with Crippen molar-refractivity contribution < 1.29 is 19.1 Å². The molecule has 23 heavy (non-hydrogen) atoms. The maximum Gasteiger partial charge on any atom is 0.291 e. The number of carbonyl (C=O) groups is 2. The van der Waals surface area contributed by atoms with Crippen LogP contribution in [0.5, 0.6) is 0 Å². The molecule has 2 N–H and O–H groups in total. The van der Waals surface area contributed by atoms with Gasteiger partial charge in [0, 0.05) is 13.6 Å². The van der Waals surface area contributed by atoms with Gasteiger partial charge in [-0.25, -0.2) is 0 Å². The van der Waals surface area contributed by atoms with Crippen LogP contribution in [0.25, 0.3) is 0 Å². The highest BCUT2D eigenvalue weighted by Gasteiger charge is 2.31. The highest BCUT2D eigenvalue weighted by Crippen LogP contribution is 2.33. The number of anilines is 1. The Balaban J connectivity index is 1.59. The normalized spacial score (nSPS) is 15.2. The molecule has 1 atom stereocenters. The maximum atomic E-state index is 12.3. The number of amides is 2. The molecule has 7 heteroatoms. The van der Waals surface area contributed by atoms with Gasteiger partial charge in [-0.2, -0.15) is 0 Å². The molecule has 3 rings (SSSR count). The molecular weight excluding hydrogens is 316 g/mol. The van der Waals surface area contributed by atoms with Crippen LogP contribution in [-0.2, 0) is 0 Å². The fraction of sp³-hybridized carbons (Fsp3) is 0.375. The summed E-state index contributed by atoms with van der Waals surface area (Å²) < 4.78 is 5.02. The molecule has 122 valence electrons. The summed E-state index contributed by atoms with van der Waals surface area (Å²) in [6.07, 6.45) is 3.04. The van der Waals surface area contributed by atoms with Crippen LogP contribution in [0, 0.1) is 5.92 Å².